The lowest BCUT2D eigenvalue weighted by Gasteiger charge is -2.30. The molecule has 20 heavy (non-hydrogen) atoms. The van der Waals surface area contributed by atoms with Gasteiger partial charge in [0.1, 0.15) is 5.82 Å². The van der Waals surface area contributed by atoms with Crippen LogP contribution in [0.1, 0.15) is 32.3 Å². The molecule has 1 N–H and O–H groups in total. The van der Waals surface area contributed by atoms with Crippen LogP contribution in [0.5, 0.6) is 0 Å². The van der Waals surface area contributed by atoms with E-state index in [4.69, 9.17) is 4.74 Å². The van der Waals surface area contributed by atoms with Crippen molar-refractivity contribution in [2.24, 2.45) is 0 Å². The molecule has 1 saturated carbocycles. The molecule has 1 aromatic heterocycles. The molecule has 1 heterocycles. The Bertz CT molecular complexity index is 437. The third kappa shape index (κ3) is 4.17. The highest BCUT2D eigenvalue weighted by Gasteiger charge is 2.22. The van der Waals surface area contributed by atoms with Crippen LogP contribution in [0.2, 0.25) is 0 Å². The quantitative estimate of drug-likeness (QED) is 0.788. The molecule has 1 fully saturated rings. The molecule has 0 radical (unpaired) electrons. The summed E-state index contributed by atoms with van der Waals surface area (Å²) in [5.41, 5.74) is 1.25. The Labute approximate surface area is 130 Å². The molecule has 2 rings (SSSR count). The third-order valence-corrected chi connectivity index (χ3v) is 4.05. The minimum absolute atomic E-state index is 0.318. The smallest absolute Gasteiger partial charge is 0.133 e. The van der Waals surface area contributed by atoms with Crippen LogP contribution in [-0.2, 0) is 11.3 Å². The Balaban J connectivity index is 2.17. The number of pyridine rings is 1. The lowest BCUT2D eigenvalue weighted by Crippen LogP contribution is -2.37. The lowest BCUT2D eigenvalue weighted by atomic mass is 10.2. The van der Waals surface area contributed by atoms with Gasteiger partial charge in [-0.1, -0.05) is 0 Å². The van der Waals surface area contributed by atoms with E-state index in [2.05, 4.69) is 51.0 Å². The van der Waals surface area contributed by atoms with E-state index in [1.165, 1.54) is 18.4 Å². The van der Waals surface area contributed by atoms with Gasteiger partial charge < -0.3 is 15.0 Å². The molecule has 0 saturated heterocycles. The van der Waals surface area contributed by atoms with Crippen molar-refractivity contribution in [3.8, 4) is 0 Å². The van der Waals surface area contributed by atoms with E-state index >= 15 is 0 Å². The van der Waals surface area contributed by atoms with Crippen LogP contribution >= 0.6 is 15.9 Å². The Morgan fingerprint density at radius 1 is 1.55 bits per heavy atom. The predicted molar refractivity (Wildman–Crippen MR) is 86.2 cm³/mol. The zero-order valence-electron chi connectivity index (χ0n) is 12.5. The number of halogens is 1. The van der Waals surface area contributed by atoms with Crippen molar-refractivity contribution < 1.29 is 4.74 Å². The number of ether oxygens (including phenoxy) is 1. The van der Waals surface area contributed by atoms with Gasteiger partial charge in [-0.05, 0) is 48.7 Å². The van der Waals surface area contributed by atoms with Gasteiger partial charge in [-0.3, -0.25) is 0 Å². The van der Waals surface area contributed by atoms with Crippen molar-refractivity contribution in [3.63, 3.8) is 0 Å². The van der Waals surface area contributed by atoms with Crippen LogP contribution in [0.3, 0.4) is 0 Å². The first-order valence-electron chi connectivity index (χ1n) is 7.29. The molecule has 1 atom stereocenters. The minimum Gasteiger partial charge on any atom is -0.383 e. The molecule has 0 bridgehead atoms. The van der Waals surface area contributed by atoms with Crippen LogP contribution < -0.4 is 10.2 Å². The Morgan fingerprint density at radius 3 is 2.90 bits per heavy atom. The van der Waals surface area contributed by atoms with Crippen molar-refractivity contribution in [1.82, 2.24) is 10.3 Å². The Morgan fingerprint density at radius 2 is 2.30 bits per heavy atom. The number of anilines is 1. The minimum atomic E-state index is 0.318. The second kappa shape index (κ2) is 7.38. The van der Waals surface area contributed by atoms with E-state index < -0.39 is 0 Å². The predicted octanol–water partition coefficient (Wildman–Crippen LogP) is 2.96. The van der Waals surface area contributed by atoms with Gasteiger partial charge in [0, 0.05) is 42.5 Å². The first kappa shape index (κ1) is 15.7. The van der Waals surface area contributed by atoms with Gasteiger partial charge in [0.15, 0.2) is 0 Å². The van der Waals surface area contributed by atoms with E-state index in [1.54, 1.807) is 7.11 Å². The lowest BCUT2D eigenvalue weighted by molar-refractivity contribution is 0.181. The molecule has 1 aliphatic carbocycles. The van der Waals surface area contributed by atoms with Crippen molar-refractivity contribution in [2.75, 3.05) is 25.2 Å². The molecule has 0 aromatic carbocycles. The SMILES string of the molecule is CCN(c1ncc(Br)cc1CNC1CC1)C(C)COC. The second-order valence-corrected chi connectivity index (χ2v) is 6.30. The van der Waals surface area contributed by atoms with Gasteiger partial charge in [0.25, 0.3) is 0 Å². The molecular weight excluding hydrogens is 318 g/mol. The van der Waals surface area contributed by atoms with Gasteiger partial charge in [-0.2, -0.15) is 0 Å². The Kier molecular flexibility index (Phi) is 5.81. The average Bonchev–Trinajstić information content (AvgIpc) is 3.23. The summed E-state index contributed by atoms with van der Waals surface area (Å²) >= 11 is 3.52. The zero-order valence-corrected chi connectivity index (χ0v) is 14.1. The van der Waals surface area contributed by atoms with Crippen LogP contribution in [0.25, 0.3) is 0 Å². The molecule has 0 aliphatic heterocycles. The number of aromatic nitrogens is 1. The summed E-state index contributed by atoms with van der Waals surface area (Å²) in [7, 11) is 1.74. The summed E-state index contributed by atoms with van der Waals surface area (Å²) in [6.07, 6.45) is 4.47. The van der Waals surface area contributed by atoms with Crippen molar-refractivity contribution >= 4 is 21.7 Å². The van der Waals surface area contributed by atoms with Gasteiger partial charge in [-0.25, -0.2) is 4.98 Å². The molecule has 0 spiro atoms. The first-order chi connectivity index (χ1) is 9.65. The fourth-order valence-electron chi connectivity index (χ4n) is 2.41. The number of hydrogen-bond acceptors (Lipinski definition) is 4. The highest BCUT2D eigenvalue weighted by Crippen LogP contribution is 2.25. The van der Waals surface area contributed by atoms with Gasteiger partial charge in [0.2, 0.25) is 0 Å². The van der Waals surface area contributed by atoms with E-state index in [0.29, 0.717) is 18.7 Å². The van der Waals surface area contributed by atoms with Crippen LogP contribution in [0.4, 0.5) is 5.82 Å². The monoisotopic (exact) mass is 341 g/mol. The largest absolute Gasteiger partial charge is 0.383 e. The maximum absolute atomic E-state index is 5.29. The van der Waals surface area contributed by atoms with Gasteiger partial charge in [-0.15, -0.1) is 0 Å². The highest BCUT2D eigenvalue weighted by molar-refractivity contribution is 9.10. The molecule has 1 aromatic rings. The molecule has 1 unspecified atom stereocenters. The van der Waals surface area contributed by atoms with Crippen molar-refractivity contribution in [3.05, 3.63) is 22.3 Å². The number of hydrogen-bond donors (Lipinski definition) is 1. The van der Waals surface area contributed by atoms with Crippen LogP contribution in [0.15, 0.2) is 16.7 Å². The summed E-state index contributed by atoms with van der Waals surface area (Å²) in [5.74, 6) is 1.06. The number of likely N-dealkylation sites (N-methyl/N-ethyl adjacent to an activating group) is 1. The van der Waals surface area contributed by atoms with E-state index in [0.717, 1.165) is 23.4 Å². The number of nitrogens with zero attached hydrogens (tertiary/aromatic N) is 2. The molecule has 1 aliphatic rings. The average molecular weight is 342 g/mol. The zero-order chi connectivity index (χ0) is 14.5. The second-order valence-electron chi connectivity index (χ2n) is 5.38. The molecule has 5 heteroatoms. The normalized spacial score (nSPS) is 16.2. The number of methoxy groups -OCH3 is 1. The standard InChI is InChI=1S/C15H24BrN3O/c1-4-19(11(2)10-20-3)15-12(7-13(16)9-18-15)8-17-14-5-6-14/h7,9,11,14,17H,4-6,8,10H2,1-3H3. The fraction of sp³-hybridized carbons (Fsp3) is 0.667. The molecule has 4 nitrogen and oxygen atoms in total. The molecule has 0 amide bonds. The summed E-state index contributed by atoms with van der Waals surface area (Å²) in [5, 5.41) is 3.57. The summed E-state index contributed by atoms with van der Waals surface area (Å²) in [6.45, 7) is 6.85. The van der Waals surface area contributed by atoms with Gasteiger partial charge >= 0.3 is 0 Å². The number of nitrogens with one attached hydrogen (secondary N) is 1. The molecule has 112 valence electrons. The first-order valence-corrected chi connectivity index (χ1v) is 8.08. The maximum atomic E-state index is 5.29. The highest BCUT2D eigenvalue weighted by atomic mass is 79.9. The Hall–Kier alpha value is -0.650. The number of rotatable bonds is 8. The van der Waals surface area contributed by atoms with Crippen molar-refractivity contribution in [1.29, 1.82) is 0 Å². The molecular formula is C15H24BrN3O. The fourth-order valence-corrected chi connectivity index (χ4v) is 2.78. The van der Waals surface area contributed by atoms with E-state index in [9.17, 15) is 0 Å². The van der Waals surface area contributed by atoms with Crippen LogP contribution in [0, 0.1) is 0 Å². The van der Waals surface area contributed by atoms with E-state index in [-0.39, 0.29) is 0 Å². The van der Waals surface area contributed by atoms with Gasteiger partial charge in [0.05, 0.1) is 12.6 Å². The maximum Gasteiger partial charge on any atom is 0.133 e. The summed E-state index contributed by atoms with van der Waals surface area (Å²) in [6, 6.07) is 3.19. The summed E-state index contributed by atoms with van der Waals surface area (Å²) < 4.78 is 6.32. The van der Waals surface area contributed by atoms with E-state index in [1.807, 2.05) is 6.20 Å². The van der Waals surface area contributed by atoms with Crippen molar-refractivity contribution in [2.45, 2.75) is 45.3 Å². The summed E-state index contributed by atoms with van der Waals surface area (Å²) in [4.78, 5) is 6.94. The third-order valence-electron chi connectivity index (χ3n) is 3.62. The topological polar surface area (TPSA) is 37.4 Å². The van der Waals surface area contributed by atoms with Crippen LogP contribution in [-0.4, -0.2) is 37.3 Å².